The molecule has 2 unspecified atom stereocenters. The second-order valence-electron chi connectivity index (χ2n) is 7.25. The number of piperidine rings is 1. The molecule has 0 aliphatic carbocycles. The van der Waals surface area contributed by atoms with Crippen LogP contribution < -0.4 is 5.32 Å². The maximum Gasteiger partial charge on any atom is 0.0406 e. The van der Waals surface area contributed by atoms with E-state index in [9.17, 15) is 0 Å². The van der Waals surface area contributed by atoms with Crippen LogP contribution in [0.3, 0.4) is 0 Å². The molecule has 20 heavy (non-hydrogen) atoms. The number of nitrogens with one attached hydrogen (secondary N) is 1. The Balaban J connectivity index is 1.92. The SMILES string of the molecule is CC1(C)CSCC2(CCNCC2c2ccc(Cl)cc2)C1. The summed E-state index contributed by atoms with van der Waals surface area (Å²) in [6, 6.07) is 8.54. The third kappa shape index (κ3) is 2.88. The van der Waals surface area contributed by atoms with Gasteiger partial charge in [-0.05, 0) is 59.4 Å². The van der Waals surface area contributed by atoms with Crippen LogP contribution in [0.25, 0.3) is 0 Å². The van der Waals surface area contributed by atoms with E-state index in [1.54, 1.807) is 0 Å². The fourth-order valence-corrected chi connectivity index (χ4v) is 5.85. The molecular weight excluding hydrogens is 286 g/mol. The molecule has 3 heteroatoms. The topological polar surface area (TPSA) is 12.0 Å². The molecule has 3 rings (SSSR count). The van der Waals surface area contributed by atoms with E-state index in [1.807, 2.05) is 12.1 Å². The van der Waals surface area contributed by atoms with E-state index < -0.39 is 0 Å². The summed E-state index contributed by atoms with van der Waals surface area (Å²) >= 11 is 8.21. The molecule has 1 spiro atoms. The maximum atomic E-state index is 6.05. The minimum atomic E-state index is 0.463. The first-order chi connectivity index (χ1) is 9.51. The Morgan fingerprint density at radius 1 is 1.20 bits per heavy atom. The monoisotopic (exact) mass is 309 g/mol. The van der Waals surface area contributed by atoms with Crippen molar-refractivity contribution in [2.75, 3.05) is 24.6 Å². The Kier molecular flexibility index (Phi) is 4.09. The molecule has 0 bridgehead atoms. The van der Waals surface area contributed by atoms with Gasteiger partial charge in [0.1, 0.15) is 0 Å². The molecular formula is C17H24ClNS. The van der Waals surface area contributed by atoms with Crippen LogP contribution >= 0.6 is 23.4 Å². The first-order valence-corrected chi connectivity index (χ1v) is 9.08. The Morgan fingerprint density at radius 3 is 2.65 bits per heavy atom. The van der Waals surface area contributed by atoms with Crippen molar-refractivity contribution < 1.29 is 0 Å². The second-order valence-corrected chi connectivity index (χ2v) is 8.68. The van der Waals surface area contributed by atoms with Gasteiger partial charge in [-0.3, -0.25) is 0 Å². The van der Waals surface area contributed by atoms with Crippen molar-refractivity contribution in [3.63, 3.8) is 0 Å². The predicted molar refractivity (Wildman–Crippen MR) is 89.8 cm³/mol. The van der Waals surface area contributed by atoms with Crippen LogP contribution in [0, 0.1) is 10.8 Å². The van der Waals surface area contributed by atoms with E-state index in [1.165, 1.54) is 36.5 Å². The molecule has 2 saturated heterocycles. The molecule has 2 aliphatic rings. The number of benzene rings is 1. The van der Waals surface area contributed by atoms with Crippen LogP contribution in [-0.4, -0.2) is 24.6 Å². The molecule has 110 valence electrons. The highest BCUT2D eigenvalue weighted by molar-refractivity contribution is 7.99. The minimum absolute atomic E-state index is 0.463. The summed E-state index contributed by atoms with van der Waals surface area (Å²) in [5.74, 6) is 3.24. The second kappa shape index (κ2) is 5.55. The molecule has 0 amide bonds. The van der Waals surface area contributed by atoms with Crippen LogP contribution in [-0.2, 0) is 0 Å². The lowest BCUT2D eigenvalue weighted by Gasteiger charge is -2.51. The van der Waals surface area contributed by atoms with Crippen molar-refractivity contribution in [3.8, 4) is 0 Å². The highest BCUT2D eigenvalue weighted by Gasteiger charge is 2.47. The highest BCUT2D eigenvalue weighted by Crippen LogP contribution is 2.54. The first-order valence-electron chi connectivity index (χ1n) is 7.55. The molecule has 2 atom stereocenters. The van der Waals surface area contributed by atoms with Gasteiger partial charge in [0.25, 0.3) is 0 Å². The fraction of sp³-hybridized carbons (Fsp3) is 0.647. The van der Waals surface area contributed by atoms with Gasteiger partial charge in [-0.1, -0.05) is 37.6 Å². The van der Waals surface area contributed by atoms with Gasteiger partial charge >= 0.3 is 0 Å². The van der Waals surface area contributed by atoms with Gasteiger partial charge in [0, 0.05) is 17.5 Å². The molecule has 1 N–H and O–H groups in total. The van der Waals surface area contributed by atoms with Crippen LogP contribution in [0.15, 0.2) is 24.3 Å². The van der Waals surface area contributed by atoms with Gasteiger partial charge in [0.05, 0.1) is 0 Å². The summed E-state index contributed by atoms with van der Waals surface area (Å²) in [7, 11) is 0. The zero-order chi connectivity index (χ0) is 14.2. The molecule has 0 saturated carbocycles. The minimum Gasteiger partial charge on any atom is -0.316 e. The summed E-state index contributed by atoms with van der Waals surface area (Å²) in [5, 5.41) is 4.44. The molecule has 0 aromatic heterocycles. The zero-order valence-corrected chi connectivity index (χ0v) is 14.0. The lowest BCUT2D eigenvalue weighted by atomic mass is 9.62. The quantitative estimate of drug-likeness (QED) is 0.815. The van der Waals surface area contributed by atoms with Crippen molar-refractivity contribution in [1.29, 1.82) is 0 Å². The third-order valence-electron chi connectivity index (χ3n) is 4.87. The van der Waals surface area contributed by atoms with Crippen molar-refractivity contribution in [3.05, 3.63) is 34.9 Å². The van der Waals surface area contributed by atoms with Crippen LogP contribution in [0.1, 0.15) is 38.2 Å². The number of hydrogen-bond donors (Lipinski definition) is 1. The van der Waals surface area contributed by atoms with Crippen LogP contribution in [0.2, 0.25) is 5.02 Å². The zero-order valence-electron chi connectivity index (χ0n) is 12.4. The van der Waals surface area contributed by atoms with Gasteiger partial charge in [-0.25, -0.2) is 0 Å². The van der Waals surface area contributed by atoms with E-state index in [0.29, 0.717) is 16.7 Å². The Hall–Kier alpha value is -0.180. The highest BCUT2D eigenvalue weighted by atomic mass is 35.5. The van der Waals surface area contributed by atoms with E-state index in [0.717, 1.165) is 11.6 Å². The standard InChI is InChI=1S/C17H24ClNS/c1-16(2)10-17(12-20-11-16)7-8-19-9-15(17)13-3-5-14(18)6-4-13/h3-6,15,19H,7-12H2,1-2H3. The lowest BCUT2D eigenvalue weighted by molar-refractivity contribution is 0.115. The average molecular weight is 310 g/mol. The Bertz CT molecular complexity index is 466. The van der Waals surface area contributed by atoms with Gasteiger partial charge in [-0.15, -0.1) is 0 Å². The van der Waals surface area contributed by atoms with Gasteiger partial charge in [0.15, 0.2) is 0 Å². The summed E-state index contributed by atoms with van der Waals surface area (Å²) in [5.41, 5.74) is 2.39. The largest absolute Gasteiger partial charge is 0.316 e. The van der Waals surface area contributed by atoms with Crippen molar-refractivity contribution >= 4 is 23.4 Å². The molecule has 2 aliphatic heterocycles. The Morgan fingerprint density at radius 2 is 1.95 bits per heavy atom. The lowest BCUT2D eigenvalue weighted by Crippen LogP contribution is -2.49. The number of halogens is 1. The normalized spacial score (nSPS) is 33.2. The smallest absolute Gasteiger partial charge is 0.0406 e. The number of hydrogen-bond acceptors (Lipinski definition) is 2. The van der Waals surface area contributed by atoms with E-state index >= 15 is 0 Å². The average Bonchev–Trinajstić information content (AvgIpc) is 2.39. The van der Waals surface area contributed by atoms with Crippen molar-refractivity contribution in [1.82, 2.24) is 5.32 Å². The van der Waals surface area contributed by atoms with Crippen molar-refractivity contribution in [2.24, 2.45) is 10.8 Å². The number of thioether (sulfide) groups is 1. The predicted octanol–water partition coefficient (Wildman–Crippen LogP) is 4.57. The Labute approximate surface area is 131 Å². The summed E-state index contributed by atoms with van der Waals surface area (Å²) in [6.45, 7) is 7.14. The van der Waals surface area contributed by atoms with Gasteiger partial charge < -0.3 is 5.32 Å². The van der Waals surface area contributed by atoms with Gasteiger partial charge in [-0.2, -0.15) is 11.8 Å². The van der Waals surface area contributed by atoms with Gasteiger partial charge in [0.2, 0.25) is 0 Å². The molecule has 2 fully saturated rings. The van der Waals surface area contributed by atoms with Crippen molar-refractivity contribution in [2.45, 2.75) is 32.6 Å². The molecule has 1 aromatic carbocycles. The van der Waals surface area contributed by atoms with E-state index in [4.69, 9.17) is 11.6 Å². The molecule has 0 radical (unpaired) electrons. The summed E-state index contributed by atoms with van der Waals surface area (Å²) in [4.78, 5) is 0. The molecule has 2 heterocycles. The van der Waals surface area contributed by atoms with E-state index in [-0.39, 0.29) is 0 Å². The van der Waals surface area contributed by atoms with Crippen LogP contribution in [0.4, 0.5) is 0 Å². The van der Waals surface area contributed by atoms with E-state index in [2.05, 4.69) is 43.1 Å². The fourth-order valence-electron chi connectivity index (χ4n) is 4.11. The number of rotatable bonds is 1. The molecule has 1 aromatic rings. The maximum absolute atomic E-state index is 6.05. The molecule has 1 nitrogen and oxygen atoms in total. The summed E-state index contributed by atoms with van der Waals surface area (Å²) < 4.78 is 0. The summed E-state index contributed by atoms with van der Waals surface area (Å²) in [6.07, 6.45) is 2.65. The van der Waals surface area contributed by atoms with Crippen LogP contribution in [0.5, 0.6) is 0 Å². The third-order valence-corrected chi connectivity index (χ3v) is 6.89. The first kappa shape index (κ1) is 14.7.